The minimum Gasteiger partial charge on any atom is -0.395 e. The second-order valence-corrected chi connectivity index (χ2v) is 9.09. The molecule has 0 spiro atoms. The number of fused-ring (bicyclic) bond motifs is 1. The molecule has 1 fully saturated rings. The zero-order valence-corrected chi connectivity index (χ0v) is 20.1. The molecule has 0 atom stereocenters. The van der Waals surface area contributed by atoms with Crippen LogP contribution in [0.15, 0.2) is 30.5 Å². The van der Waals surface area contributed by atoms with Crippen LogP contribution in [0.25, 0.3) is 5.82 Å². The van der Waals surface area contributed by atoms with E-state index in [1.54, 1.807) is 0 Å². The number of benzene rings is 1. The second-order valence-electron chi connectivity index (χ2n) is 8.68. The summed E-state index contributed by atoms with van der Waals surface area (Å²) in [6.07, 6.45) is -5.99. The fourth-order valence-corrected chi connectivity index (χ4v) is 3.99. The van der Waals surface area contributed by atoms with Gasteiger partial charge in [0.2, 0.25) is 0 Å². The van der Waals surface area contributed by atoms with E-state index in [1.807, 2.05) is 0 Å². The summed E-state index contributed by atoms with van der Waals surface area (Å²) in [5.41, 5.74) is -2.67. The Morgan fingerprint density at radius 2 is 1.95 bits per heavy atom. The summed E-state index contributed by atoms with van der Waals surface area (Å²) in [4.78, 5) is 30.3. The van der Waals surface area contributed by atoms with Crippen molar-refractivity contribution in [3.8, 4) is 17.3 Å². The number of rotatable bonds is 6. The highest BCUT2D eigenvalue weighted by Crippen LogP contribution is 2.47. The number of aryl methyl sites for hydroxylation is 1. The molecule has 3 heterocycles. The van der Waals surface area contributed by atoms with Crippen LogP contribution < -0.4 is 20.1 Å². The van der Waals surface area contributed by atoms with Gasteiger partial charge in [-0.05, 0) is 49.4 Å². The molecule has 200 valence electrons. The van der Waals surface area contributed by atoms with Crippen LogP contribution in [0.5, 0.6) is 11.5 Å². The lowest BCUT2D eigenvalue weighted by molar-refractivity contribution is -0.286. The van der Waals surface area contributed by atoms with Gasteiger partial charge in [-0.3, -0.25) is 9.59 Å². The SMILES string of the molecule is Cc1cc2c(c(C(=O)NCC3CC3)c1NC(=O)c1cc(C(F)(F)F)nn1-c1ncccc1Cl)OC(F)(F)O2. The summed E-state index contributed by atoms with van der Waals surface area (Å²) in [5, 5.41) is 8.31. The predicted octanol–water partition coefficient (Wildman–Crippen LogP) is 4.96. The molecule has 5 rings (SSSR count). The quantitative estimate of drug-likeness (QED) is 0.415. The zero-order valence-electron chi connectivity index (χ0n) is 19.3. The van der Waals surface area contributed by atoms with Crippen LogP contribution in [0.4, 0.5) is 27.6 Å². The molecule has 2 amide bonds. The van der Waals surface area contributed by atoms with Gasteiger partial charge < -0.3 is 20.1 Å². The van der Waals surface area contributed by atoms with Gasteiger partial charge in [0.15, 0.2) is 23.0 Å². The molecule has 1 aromatic carbocycles. The summed E-state index contributed by atoms with van der Waals surface area (Å²) < 4.78 is 77.8. The molecule has 2 N–H and O–H groups in total. The van der Waals surface area contributed by atoms with E-state index in [0.717, 1.165) is 18.9 Å². The smallest absolute Gasteiger partial charge is 0.395 e. The molecule has 1 saturated carbocycles. The number of pyridine rings is 1. The largest absolute Gasteiger partial charge is 0.586 e. The van der Waals surface area contributed by atoms with Gasteiger partial charge in [0, 0.05) is 18.8 Å². The van der Waals surface area contributed by atoms with Gasteiger partial charge >= 0.3 is 12.5 Å². The maximum Gasteiger partial charge on any atom is 0.586 e. The number of nitrogens with one attached hydrogen (secondary N) is 2. The van der Waals surface area contributed by atoms with Crippen molar-refractivity contribution in [2.24, 2.45) is 5.92 Å². The average molecular weight is 558 g/mol. The first-order valence-corrected chi connectivity index (χ1v) is 11.5. The molecule has 1 aliphatic carbocycles. The number of anilines is 1. The van der Waals surface area contributed by atoms with Crippen molar-refractivity contribution in [1.82, 2.24) is 20.1 Å². The number of nitrogens with zero attached hydrogens (tertiary/aromatic N) is 3. The van der Waals surface area contributed by atoms with Gasteiger partial charge in [-0.15, -0.1) is 8.78 Å². The predicted molar refractivity (Wildman–Crippen MR) is 122 cm³/mol. The Morgan fingerprint density at radius 3 is 2.61 bits per heavy atom. The van der Waals surface area contributed by atoms with Crippen LogP contribution in [0.1, 0.15) is 44.9 Å². The minimum absolute atomic E-state index is 0.0972. The van der Waals surface area contributed by atoms with Gasteiger partial charge in [0.25, 0.3) is 11.8 Å². The van der Waals surface area contributed by atoms with Crippen LogP contribution in [0.3, 0.4) is 0 Å². The second kappa shape index (κ2) is 9.11. The molecule has 15 heteroatoms. The van der Waals surface area contributed by atoms with Crippen molar-refractivity contribution in [1.29, 1.82) is 0 Å². The summed E-state index contributed by atoms with van der Waals surface area (Å²) in [6.45, 7) is 1.65. The Labute approximate surface area is 215 Å². The van der Waals surface area contributed by atoms with E-state index in [9.17, 15) is 31.5 Å². The number of alkyl halides is 5. The fraction of sp³-hybridized carbons (Fsp3) is 0.304. The first-order chi connectivity index (χ1) is 17.8. The Morgan fingerprint density at radius 1 is 1.21 bits per heavy atom. The zero-order chi connectivity index (χ0) is 27.4. The van der Waals surface area contributed by atoms with Crippen LogP contribution >= 0.6 is 11.6 Å². The maximum atomic E-state index is 13.9. The van der Waals surface area contributed by atoms with E-state index in [1.165, 1.54) is 25.3 Å². The molecule has 0 bridgehead atoms. The molecule has 2 aliphatic rings. The minimum atomic E-state index is -4.92. The molecule has 38 heavy (non-hydrogen) atoms. The Bertz CT molecular complexity index is 1450. The summed E-state index contributed by atoms with van der Waals surface area (Å²) in [5.74, 6) is -3.09. The van der Waals surface area contributed by atoms with Crippen LogP contribution in [-0.4, -0.2) is 39.4 Å². The summed E-state index contributed by atoms with van der Waals surface area (Å²) in [6, 6.07) is 4.35. The van der Waals surface area contributed by atoms with Gasteiger partial charge in [-0.2, -0.15) is 18.3 Å². The molecular weight excluding hydrogens is 541 g/mol. The Balaban J connectivity index is 1.58. The number of halogens is 6. The number of hydrogen-bond donors (Lipinski definition) is 2. The maximum absolute atomic E-state index is 13.9. The van der Waals surface area contributed by atoms with Crippen molar-refractivity contribution in [2.45, 2.75) is 32.2 Å². The topological polar surface area (TPSA) is 107 Å². The van der Waals surface area contributed by atoms with E-state index in [0.29, 0.717) is 10.7 Å². The third kappa shape index (κ3) is 4.95. The highest BCUT2D eigenvalue weighted by atomic mass is 35.5. The number of amides is 2. The first kappa shape index (κ1) is 25.7. The molecule has 0 radical (unpaired) electrons. The number of carbonyl (C=O) groups excluding carboxylic acids is 2. The Hall–Kier alpha value is -3.94. The fourth-order valence-electron chi connectivity index (χ4n) is 3.79. The molecule has 0 unspecified atom stereocenters. The van der Waals surface area contributed by atoms with E-state index >= 15 is 0 Å². The molecule has 0 saturated heterocycles. The summed E-state index contributed by atoms with van der Waals surface area (Å²) in [7, 11) is 0. The Kier molecular flexibility index (Phi) is 6.16. The third-order valence-corrected chi connectivity index (χ3v) is 6.07. The average Bonchev–Trinajstić information content (AvgIpc) is 3.45. The molecule has 3 aromatic rings. The number of hydrogen-bond acceptors (Lipinski definition) is 6. The van der Waals surface area contributed by atoms with E-state index in [-0.39, 0.29) is 34.6 Å². The van der Waals surface area contributed by atoms with Crippen LogP contribution in [-0.2, 0) is 6.18 Å². The molecule has 2 aromatic heterocycles. The van der Waals surface area contributed by atoms with Crippen LogP contribution in [0, 0.1) is 12.8 Å². The summed E-state index contributed by atoms with van der Waals surface area (Å²) >= 11 is 6.08. The highest BCUT2D eigenvalue weighted by molar-refractivity contribution is 6.32. The standard InChI is InChI=1S/C23H17ClF5N5O4/c1-10-7-14-18(38-23(28,29)37-14)16(21(36)31-9-11-4-5-11)17(10)32-20(35)13-8-15(22(25,26)27)33-34(13)19-12(24)3-2-6-30-19/h2-3,6-8,11H,4-5,9H2,1H3,(H,31,36)(H,32,35). The van der Waals surface area contributed by atoms with Gasteiger partial charge in [0.1, 0.15) is 11.3 Å². The number of carbonyl (C=O) groups is 2. The van der Waals surface area contributed by atoms with Crippen molar-refractivity contribution >= 4 is 29.1 Å². The van der Waals surface area contributed by atoms with Crippen molar-refractivity contribution in [2.75, 3.05) is 11.9 Å². The normalized spacial score (nSPS) is 15.9. The lowest BCUT2D eigenvalue weighted by Crippen LogP contribution is -2.29. The van der Waals surface area contributed by atoms with E-state index < -0.39 is 52.7 Å². The van der Waals surface area contributed by atoms with Crippen molar-refractivity contribution < 1.29 is 41.0 Å². The van der Waals surface area contributed by atoms with Gasteiger partial charge in [-0.25, -0.2) is 9.67 Å². The molecular formula is C23H17ClF5N5O4. The lowest BCUT2D eigenvalue weighted by Gasteiger charge is -2.16. The van der Waals surface area contributed by atoms with Crippen LogP contribution in [0.2, 0.25) is 5.02 Å². The molecule has 1 aliphatic heterocycles. The number of ether oxygens (including phenoxy) is 2. The lowest BCUT2D eigenvalue weighted by atomic mass is 10.0. The third-order valence-electron chi connectivity index (χ3n) is 5.78. The highest BCUT2D eigenvalue weighted by Gasteiger charge is 2.47. The van der Waals surface area contributed by atoms with Gasteiger partial charge in [-0.1, -0.05) is 11.6 Å². The monoisotopic (exact) mass is 557 g/mol. The van der Waals surface area contributed by atoms with Gasteiger partial charge in [0.05, 0.1) is 10.7 Å². The van der Waals surface area contributed by atoms with Crippen molar-refractivity contribution in [3.63, 3.8) is 0 Å². The van der Waals surface area contributed by atoms with E-state index in [4.69, 9.17) is 11.6 Å². The number of aromatic nitrogens is 3. The first-order valence-electron chi connectivity index (χ1n) is 11.1. The van der Waals surface area contributed by atoms with Crippen molar-refractivity contribution in [3.05, 3.63) is 58.0 Å². The van der Waals surface area contributed by atoms with E-state index in [2.05, 4.69) is 30.2 Å². The molecule has 9 nitrogen and oxygen atoms in total.